The molecule has 0 spiro atoms. The van der Waals surface area contributed by atoms with Gasteiger partial charge in [0, 0.05) is 12.1 Å². The van der Waals surface area contributed by atoms with E-state index in [0.717, 1.165) is 0 Å². The molecule has 0 radical (unpaired) electrons. The number of carbonyl (C=O) groups excluding carboxylic acids is 1. The molecule has 2 N–H and O–H groups in total. The monoisotopic (exact) mass is 231 g/mol. The van der Waals surface area contributed by atoms with Crippen LogP contribution in [-0.4, -0.2) is 19.6 Å². The number of benzene rings is 1. The Hall–Kier alpha value is -1.13. The van der Waals surface area contributed by atoms with Crippen molar-refractivity contribution in [2.45, 2.75) is 5.92 Å². The lowest BCUT2D eigenvalue weighted by Crippen LogP contribution is -2.23. The van der Waals surface area contributed by atoms with E-state index in [1.165, 1.54) is 19.2 Å². The average molecular weight is 232 g/mol. The van der Waals surface area contributed by atoms with E-state index >= 15 is 0 Å². The highest BCUT2D eigenvalue weighted by Gasteiger charge is 2.23. The van der Waals surface area contributed by atoms with Gasteiger partial charge in [0.1, 0.15) is 5.82 Å². The van der Waals surface area contributed by atoms with Crippen LogP contribution in [0.2, 0.25) is 5.02 Å². The third kappa shape index (κ3) is 2.46. The summed E-state index contributed by atoms with van der Waals surface area (Å²) in [6.07, 6.45) is 0. The molecule has 0 aliphatic carbocycles. The fraction of sp³-hybridized carbons (Fsp3) is 0.300. The van der Waals surface area contributed by atoms with Gasteiger partial charge in [-0.15, -0.1) is 0 Å². The number of esters is 1. The Morgan fingerprint density at radius 2 is 2.33 bits per heavy atom. The lowest BCUT2D eigenvalue weighted by atomic mass is 9.99. The van der Waals surface area contributed by atoms with Gasteiger partial charge >= 0.3 is 5.97 Å². The number of hydrogen-bond acceptors (Lipinski definition) is 3. The Bertz CT molecular complexity index is 370. The molecule has 15 heavy (non-hydrogen) atoms. The molecule has 0 bridgehead atoms. The molecular formula is C10H11ClFNO2. The number of nitrogens with two attached hydrogens (primary N) is 1. The topological polar surface area (TPSA) is 52.3 Å². The number of carbonyl (C=O) groups is 1. The summed E-state index contributed by atoms with van der Waals surface area (Å²) in [4.78, 5) is 11.3. The van der Waals surface area contributed by atoms with Gasteiger partial charge in [-0.05, 0) is 6.07 Å². The predicted octanol–water partition coefficient (Wildman–Crippen LogP) is 1.69. The van der Waals surface area contributed by atoms with Crippen molar-refractivity contribution >= 4 is 17.6 Å². The molecule has 0 saturated heterocycles. The Morgan fingerprint density at radius 3 is 2.87 bits per heavy atom. The van der Waals surface area contributed by atoms with Crippen LogP contribution < -0.4 is 5.73 Å². The molecule has 1 rings (SSSR count). The second-order valence-electron chi connectivity index (χ2n) is 2.95. The number of halogens is 2. The van der Waals surface area contributed by atoms with Crippen molar-refractivity contribution in [2.75, 3.05) is 13.7 Å². The smallest absolute Gasteiger partial charge is 0.314 e. The standard InChI is InChI=1S/C10H11ClFNO2/c1-15-10(14)7(5-13)6-3-2-4-8(11)9(6)12/h2-4,7H,5,13H2,1H3. The van der Waals surface area contributed by atoms with Crippen LogP contribution in [0.4, 0.5) is 4.39 Å². The fourth-order valence-electron chi connectivity index (χ4n) is 1.28. The van der Waals surface area contributed by atoms with Crippen LogP contribution >= 0.6 is 11.6 Å². The molecule has 0 aromatic heterocycles. The van der Waals surface area contributed by atoms with Gasteiger partial charge in [-0.25, -0.2) is 4.39 Å². The van der Waals surface area contributed by atoms with Crippen LogP contribution in [0.5, 0.6) is 0 Å². The zero-order valence-electron chi connectivity index (χ0n) is 8.17. The molecular weight excluding hydrogens is 221 g/mol. The average Bonchev–Trinajstić information content (AvgIpc) is 2.24. The van der Waals surface area contributed by atoms with Gasteiger partial charge in [-0.2, -0.15) is 0 Å². The van der Waals surface area contributed by atoms with E-state index in [1.54, 1.807) is 6.07 Å². The molecule has 5 heteroatoms. The van der Waals surface area contributed by atoms with Crippen LogP contribution in [0.15, 0.2) is 18.2 Å². The van der Waals surface area contributed by atoms with Crippen molar-refractivity contribution < 1.29 is 13.9 Å². The minimum absolute atomic E-state index is 0.0239. The van der Waals surface area contributed by atoms with Crippen LogP contribution in [-0.2, 0) is 9.53 Å². The van der Waals surface area contributed by atoms with Crippen molar-refractivity contribution in [3.8, 4) is 0 Å². The number of hydrogen-bond donors (Lipinski definition) is 1. The molecule has 1 atom stereocenters. The van der Waals surface area contributed by atoms with E-state index in [1.807, 2.05) is 0 Å². The van der Waals surface area contributed by atoms with Gasteiger partial charge in [-0.1, -0.05) is 23.7 Å². The largest absolute Gasteiger partial charge is 0.469 e. The highest BCUT2D eigenvalue weighted by Crippen LogP contribution is 2.24. The van der Waals surface area contributed by atoms with E-state index in [-0.39, 0.29) is 17.1 Å². The molecule has 1 aromatic carbocycles. The first kappa shape index (κ1) is 11.9. The maximum absolute atomic E-state index is 13.5. The maximum atomic E-state index is 13.5. The Morgan fingerprint density at radius 1 is 1.67 bits per heavy atom. The van der Waals surface area contributed by atoms with E-state index < -0.39 is 17.7 Å². The van der Waals surface area contributed by atoms with Crippen molar-refractivity contribution in [1.82, 2.24) is 0 Å². The van der Waals surface area contributed by atoms with Crippen molar-refractivity contribution in [3.05, 3.63) is 34.6 Å². The molecule has 1 unspecified atom stereocenters. The first-order valence-electron chi connectivity index (χ1n) is 4.33. The highest BCUT2D eigenvalue weighted by molar-refractivity contribution is 6.30. The van der Waals surface area contributed by atoms with E-state index in [2.05, 4.69) is 4.74 Å². The SMILES string of the molecule is COC(=O)C(CN)c1cccc(Cl)c1F. The molecule has 3 nitrogen and oxygen atoms in total. The Labute approximate surface area is 92.0 Å². The van der Waals surface area contributed by atoms with Crippen LogP contribution in [0, 0.1) is 5.82 Å². The third-order valence-electron chi connectivity index (χ3n) is 2.08. The normalized spacial score (nSPS) is 12.3. The van der Waals surface area contributed by atoms with E-state index in [0.29, 0.717) is 0 Å². The summed E-state index contributed by atoms with van der Waals surface area (Å²) in [7, 11) is 1.23. The van der Waals surface area contributed by atoms with E-state index in [4.69, 9.17) is 17.3 Å². The summed E-state index contributed by atoms with van der Waals surface area (Å²) in [6, 6.07) is 4.44. The van der Waals surface area contributed by atoms with E-state index in [9.17, 15) is 9.18 Å². The summed E-state index contributed by atoms with van der Waals surface area (Å²) in [5, 5.41) is -0.0325. The van der Waals surface area contributed by atoms with Gasteiger partial charge < -0.3 is 10.5 Å². The quantitative estimate of drug-likeness (QED) is 0.806. The van der Waals surface area contributed by atoms with Crippen molar-refractivity contribution in [1.29, 1.82) is 0 Å². The van der Waals surface area contributed by atoms with Crippen molar-refractivity contribution in [3.63, 3.8) is 0 Å². The third-order valence-corrected chi connectivity index (χ3v) is 2.37. The van der Waals surface area contributed by atoms with Crippen LogP contribution in [0.25, 0.3) is 0 Å². The van der Waals surface area contributed by atoms with Crippen molar-refractivity contribution in [2.24, 2.45) is 5.73 Å². The van der Waals surface area contributed by atoms with Gasteiger partial charge in [0.2, 0.25) is 0 Å². The van der Waals surface area contributed by atoms with Gasteiger partial charge in [0.15, 0.2) is 0 Å². The molecule has 0 aliphatic rings. The van der Waals surface area contributed by atoms with Gasteiger partial charge in [0.25, 0.3) is 0 Å². The summed E-state index contributed by atoms with van der Waals surface area (Å²) in [6.45, 7) is -0.0239. The molecule has 0 fully saturated rings. The number of methoxy groups -OCH3 is 1. The van der Waals surface area contributed by atoms with Gasteiger partial charge in [-0.3, -0.25) is 4.79 Å². The number of ether oxygens (including phenoxy) is 1. The summed E-state index contributed by atoms with van der Waals surface area (Å²) >= 11 is 5.59. The molecule has 0 amide bonds. The summed E-state index contributed by atoms with van der Waals surface area (Å²) in [5.41, 5.74) is 5.55. The van der Waals surface area contributed by atoms with Crippen LogP contribution in [0.1, 0.15) is 11.5 Å². The summed E-state index contributed by atoms with van der Waals surface area (Å²) < 4.78 is 18.1. The molecule has 0 aliphatic heterocycles. The second kappa shape index (κ2) is 5.09. The second-order valence-corrected chi connectivity index (χ2v) is 3.36. The zero-order chi connectivity index (χ0) is 11.4. The first-order chi connectivity index (χ1) is 7.11. The fourth-order valence-corrected chi connectivity index (χ4v) is 1.46. The predicted molar refractivity (Wildman–Crippen MR) is 55.2 cm³/mol. The minimum Gasteiger partial charge on any atom is -0.469 e. The lowest BCUT2D eigenvalue weighted by molar-refractivity contribution is -0.142. The highest BCUT2D eigenvalue weighted by atomic mass is 35.5. The zero-order valence-corrected chi connectivity index (χ0v) is 8.92. The maximum Gasteiger partial charge on any atom is 0.314 e. The van der Waals surface area contributed by atoms with Crippen LogP contribution in [0.3, 0.4) is 0 Å². The Balaban J connectivity index is 3.12. The lowest BCUT2D eigenvalue weighted by Gasteiger charge is -2.13. The minimum atomic E-state index is -0.811. The number of rotatable bonds is 3. The first-order valence-corrected chi connectivity index (χ1v) is 4.71. The summed E-state index contributed by atoms with van der Waals surface area (Å²) in [5.74, 6) is -2.01. The molecule has 82 valence electrons. The molecule has 1 aromatic rings. The Kier molecular flexibility index (Phi) is 4.05. The molecule has 0 saturated carbocycles. The van der Waals surface area contributed by atoms with Gasteiger partial charge in [0.05, 0.1) is 18.1 Å². The molecule has 0 heterocycles.